The molecular formula is C34H36BrN3O8. The van der Waals surface area contributed by atoms with Gasteiger partial charge in [-0.3, -0.25) is 19.2 Å². The number of fused-ring (bicyclic) bond motifs is 2. The number of hydrogen-bond donors (Lipinski definition) is 2. The van der Waals surface area contributed by atoms with E-state index >= 15 is 0 Å². The number of hydrogen-bond acceptors (Lipinski definition) is 8. The maximum atomic E-state index is 14.8. The van der Waals surface area contributed by atoms with E-state index in [1.165, 1.54) is 4.90 Å². The highest BCUT2D eigenvalue weighted by molar-refractivity contribution is 9.11. The van der Waals surface area contributed by atoms with Crippen LogP contribution in [0.15, 0.2) is 77.3 Å². The lowest BCUT2D eigenvalue weighted by Gasteiger charge is -2.36. The van der Waals surface area contributed by atoms with E-state index in [1.54, 1.807) is 48.4 Å². The zero-order valence-electron chi connectivity index (χ0n) is 25.3. The van der Waals surface area contributed by atoms with Gasteiger partial charge < -0.3 is 34.4 Å². The molecule has 2 N–H and O–H groups in total. The summed E-state index contributed by atoms with van der Waals surface area (Å²) in [5, 5.41) is 12.7. The van der Waals surface area contributed by atoms with Gasteiger partial charge in [0, 0.05) is 36.3 Å². The van der Waals surface area contributed by atoms with Crippen LogP contribution >= 0.6 is 15.9 Å². The normalized spacial score (nSPS) is 30.5. The van der Waals surface area contributed by atoms with Crippen LogP contribution in [0, 0.1) is 11.8 Å². The van der Waals surface area contributed by atoms with Crippen LogP contribution < -0.4 is 15.0 Å². The topological polar surface area (TPSA) is 135 Å². The summed E-state index contributed by atoms with van der Waals surface area (Å²) in [7, 11) is 1.55. The minimum atomic E-state index is -1.42. The summed E-state index contributed by atoms with van der Waals surface area (Å²) in [5.74, 6) is -3.00. The highest BCUT2D eigenvalue weighted by Crippen LogP contribution is 2.58. The number of halogens is 1. The lowest BCUT2D eigenvalue weighted by atomic mass is 9.74. The highest BCUT2D eigenvalue weighted by atomic mass is 79.9. The fraction of sp³-hybridized carbons (Fsp3) is 0.412. The second kappa shape index (κ2) is 13.4. The number of rotatable bonds is 6. The molecule has 4 heterocycles. The minimum absolute atomic E-state index is 0.0910. The summed E-state index contributed by atoms with van der Waals surface area (Å²) in [6, 6.07) is 14.4. The number of anilines is 1. The van der Waals surface area contributed by atoms with Gasteiger partial charge in [-0.1, -0.05) is 58.4 Å². The standard InChI is InChI=1S/C34H36BrN3O8/c1-44-23-14-12-22(13-15-23)37-16-7-3-6-11-26(40)45-20-25(21-9-4-2-5-10-21)36-31(41)27-28-32(42)38(17-8-18-39)30(33(37)43)34(28)19-24(35)29(27)46-34/h2-5,7,9-10,12-15,19,25,27-30,39H,6,8,11,16-18,20H2,1H3,(H,36,41)/b7-3-/t25-,27-,28+,29-,30-,34+/m0/s1. The number of carbonyl (C=O) groups excluding carboxylic acids is 4. The first-order valence-corrected chi connectivity index (χ1v) is 16.2. The Hall–Kier alpha value is -4.00. The van der Waals surface area contributed by atoms with E-state index in [9.17, 15) is 24.3 Å². The Morgan fingerprint density at radius 3 is 2.52 bits per heavy atom. The number of carbonyl (C=O) groups is 4. The third kappa shape index (κ3) is 5.73. The third-order valence-corrected chi connectivity index (χ3v) is 9.75. The quantitative estimate of drug-likeness (QED) is 0.349. The Labute approximate surface area is 275 Å². The van der Waals surface area contributed by atoms with Crippen molar-refractivity contribution in [1.82, 2.24) is 10.2 Å². The predicted octanol–water partition coefficient (Wildman–Crippen LogP) is 3.03. The molecule has 4 aliphatic heterocycles. The van der Waals surface area contributed by atoms with Crippen molar-refractivity contribution in [2.75, 3.05) is 38.3 Å². The number of esters is 1. The van der Waals surface area contributed by atoms with Gasteiger partial charge in [0.25, 0.3) is 5.91 Å². The van der Waals surface area contributed by atoms with Crippen molar-refractivity contribution >= 4 is 45.3 Å². The van der Waals surface area contributed by atoms with E-state index in [4.69, 9.17) is 14.2 Å². The zero-order valence-corrected chi connectivity index (χ0v) is 26.9. The van der Waals surface area contributed by atoms with Crippen molar-refractivity contribution in [3.05, 3.63) is 82.9 Å². The second-order valence-corrected chi connectivity index (χ2v) is 12.7. The molecule has 2 fully saturated rings. The summed E-state index contributed by atoms with van der Waals surface area (Å²) in [6.07, 6.45) is 5.33. The third-order valence-electron chi connectivity index (χ3n) is 9.07. The predicted molar refractivity (Wildman–Crippen MR) is 171 cm³/mol. The van der Waals surface area contributed by atoms with E-state index in [-0.39, 0.29) is 45.1 Å². The van der Waals surface area contributed by atoms with E-state index in [2.05, 4.69) is 21.2 Å². The molecule has 2 aromatic carbocycles. The summed E-state index contributed by atoms with van der Waals surface area (Å²) in [4.78, 5) is 59.0. The van der Waals surface area contributed by atoms with Gasteiger partial charge in [0.2, 0.25) is 11.8 Å². The van der Waals surface area contributed by atoms with Crippen LogP contribution in [-0.4, -0.2) is 84.9 Å². The van der Waals surface area contributed by atoms with Gasteiger partial charge in [0.15, 0.2) is 0 Å². The molecule has 0 radical (unpaired) electrons. The van der Waals surface area contributed by atoms with Crippen LogP contribution in [0.2, 0.25) is 0 Å². The van der Waals surface area contributed by atoms with Gasteiger partial charge in [-0.15, -0.1) is 0 Å². The van der Waals surface area contributed by atoms with Crippen LogP contribution in [0.5, 0.6) is 5.75 Å². The van der Waals surface area contributed by atoms with Crippen molar-refractivity contribution in [2.45, 2.75) is 43.1 Å². The molecule has 12 heteroatoms. The Bertz CT molecular complexity index is 1550. The molecule has 1 spiro atoms. The molecule has 242 valence electrons. The first kappa shape index (κ1) is 32.0. The molecule has 2 saturated heterocycles. The smallest absolute Gasteiger partial charge is 0.306 e. The largest absolute Gasteiger partial charge is 0.497 e. The lowest BCUT2D eigenvalue weighted by Crippen LogP contribution is -2.56. The monoisotopic (exact) mass is 693 g/mol. The number of aliphatic hydroxyl groups excluding tert-OH is 1. The fourth-order valence-corrected chi connectivity index (χ4v) is 7.67. The molecular weight excluding hydrogens is 658 g/mol. The summed E-state index contributed by atoms with van der Waals surface area (Å²) in [6.45, 7) is -0.0233. The molecule has 46 heavy (non-hydrogen) atoms. The van der Waals surface area contributed by atoms with Crippen molar-refractivity contribution in [3.63, 3.8) is 0 Å². The van der Waals surface area contributed by atoms with Crippen LogP contribution in [0.1, 0.15) is 30.9 Å². The molecule has 0 aliphatic carbocycles. The minimum Gasteiger partial charge on any atom is -0.497 e. The first-order valence-electron chi connectivity index (χ1n) is 15.4. The van der Waals surface area contributed by atoms with Gasteiger partial charge >= 0.3 is 5.97 Å². The molecule has 0 aromatic heterocycles. The average Bonchev–Trinajstić information content (AvgIpc) is 3.66. The lowest BCUT2D eigenvalue weighted by molar-refractivity contribution is -0.145. The SMILES string of the molecule is COc1ccc(N2C/C=C\CCC(=O)OC[C@@H](c3ccccc3)NC(=O)[C@@H]3[C@H]4O[C@@]5(C=C4Br)[C@H](C2=O)N(CCCO)C(=O)[C@@H]35)cc1. The van der Waals surface area contributed by atoms with E-state index in [0.29, 0.717) is 22.3 Å². The fourth-order valence-electron chi connectivity index (χ4n) is 6.93. The van der Waals surface area contributed by atoms with E-state index < -0.39 is 53.4 Å². The average molecular weight is 695 g/mol. The molecule has 2 aromatic rings. The molecule has 6 atom stereocenters. The van der Waals surface area contributed by atoms with E-state index in [1.807, 2.05) is 36.4 Å². The molecule has 6 rings (SSSR count). The maximum Gasteiger partial charge on any atom is 0.306 e. The number of amides is 3. The highest BCUT2D eigenvalue weighted by Gasteiger charge is 2.74. The van der Waals surface area contributed by atoms with Gasteiger partial charge in [-0.25, -0.2) is 0 Å². The van der Waals surface area contributed by atoms with Crippen molar-refractivity contribution in [1.29, 1.82) is 0 Å². The van der Waals surface area contributed by atoms with Gasteiger partial charge in [0.1, 0.15) is 30.1 Å². The number of nitrogens with zero attached hydrogens (tertiary/aromatic N) is 2. The Balaban J connectivity index is 1.44. The van der Waals surface area contributed by atoms with Gasteiger partial charge in [-0.2, -0.15) is 0 Å². The molecule has 0 saturated carbocycles. The van der Waals surface area contributed by atoms with Crippen molar-refractivity contribution in [2.24, 2.45) is 11.8 Å². The number of methoxy groups -OCH3 is 1. The summed E-state index contributed by atoms with van der Waals surface area (Å²) < 4.78 is 18.1. The van der Waals surface area contributed by atoms with Crippen molar-refractivity contribution in [3.8, 4) is 5.75 Å². The molecule has 0 unspecified atom stereocenters. The number of cyclic esters (lactones) is 1. The summed E-state index contributed by atoms with van der Waals surface area (Å²) in [5.41, 5.74) is -0.121. The molecule has 4 aliphatic rings. The van der Waals surface area contributed by atoms with Crippen LogP contribution in [0.25, 0.3) is 0 Å². The number of nitrogens with one attached hydrogen (secondary N) is 1. The number of likely N-dealkylation sites (tertiary alicyclic amines) is 1. The van der Waals surface area contributed by atoms with Gasteiger partial charge in [-0.05, 0) is 48.7 Å². The molecule has 5 bridgehead atoms. The zero-order chi connectivity index (χ0) is 32.4. The van der Waals surface area contributed by atoms with Crippen LogP contribution in [-0.2, 0) is 28.7 Å². The van der Waals surface area contributed by atoms with Crippen LogP contribution in [0.4, 0.5) is 5.69 Å². The molecule has 11 nitrogen and oxygen atoms in total. The van der Waals surface area contributed by atoms with Crippen LogP contribution in [0.3, 0.4) is 0 Å². The Morgan fingerprint density at radius 2 is 1.80 bits per heavy atom. The molecule has 3 amide bonds. The summed E-state index contributed by atoms with van der Waals surface area (Å²) >= 11 is 3.58. The maximum absolute atomic E-state index is 14.8. The number of allylic oxidation sites excluding steroid dienone is 1. The number of aliphatic hydroxyl groups is 1. The Morgan fingerprint density at radius 1 is 1.04 bits per heavy atom. The van der Waals surface area contributed by atoms with E-state index in [0.717, 1.165) is 5.56 Å². The first-order chi connectivity index (χ1) is 22.3. The van der Waals surface area contributed by atoms with Crippen molar-refractivity contribution < 1.29 is 38.5 Å². The second-order valence-electron chi connectivity index (χ2n) is 11.7. The number of benzene rings is 2. The number of ether oxygens (including phenoxy) is 3. The van der Waals surface area contributed by atoms with Gasteiger partial charge in [0.05, 0.1) is 25.0 Å². The Kier molecular flexibility index (Phi) is 9.30.